The number of epoxide rings is 1. The summed E-state index contributed by atoms with van der Waals surface area (Å²) in [6.07, 6.45) is 0.983. The van der Waals surface area contributed by atoms with E-state index < -0.39 is 5.60 Å². The lowest BCUT2D eigenvalue weighted by molar-refractivity contribution is -0.147. The van der Waals surface area contributed by atoms with Gasteiger partial charge in [-0.25, -0.2) is 4.79 Å². The molecule has 3 fully saturated rings. The lowest BCUT2D eigenvalue weighted by Gasteiger charge is -2.28. The first-order chi connectivity index (χ1) is 10.3. The lowest BCUT2D eigenvalue weighted by atomic mass is 9.81. The molecule has 2 saturated heterocycles. The van der Waals surface area contributed by atoms with Crippen molar-refractivity contribution in [3.05, 3.63) is 23.3 Å². The first kappa shape index (κ1) is 14.0. The number of carbonyl (C=O) groups is 2. The number of hydrogen-bond acceptors (Lipinski definition) is 5. The molecule has 0 aromatic rings. The maximum absolute atomic E-state index is 11.9. The van der Waals surface area contributed by atoms with Crippen LogP contribution in [0.5, 0.6) is 0 Å². The van der Waals surface area contributed by atoms with E-state index >= 15 is 0 Å². The molecule has 2 heterocycles. The number of esters is 2. The summed E-state index contributed by atoms with van der Waals surface area (Å²) in [6.45, 7) is 9.43. The second-order valence-corrected chi connectivity index (χ2v) is 7.01. The molecular formula is C17H20O5. The molecule has 22 heavy (non-hydrogen) atoms. The van der Waals surface area contributed by atoms with Crippen LogP contribution in [-0.2, 0) is 23.8 Å². The van der Waals surface area contributed by atoms with Gasteiger partial charge in [-0.3, -0.25) is 4.79 Å². The lowest BCUT2D eigenvalue weighted by Crippen LogP contribution is -2.35. The van der Waals surface area contributed by atoms with Gasteiger partial charge in [-0.15, -0.1) is 0 Å². The number of allylic oxidation sites excluding steroid dienone is 1. The SMILES string of the molecule is C=C1C(=O)OC2C1CCC(C)=C1C(OC(C)=O)C3OC3(C)C12. The third-order valence-corrected chi connectivity index (χ3v) is 5.72. The molecule has 4 rings (SSSR count). The highest BCUT2D eigenvalue weighted by Crippen LogP contribution is 2.62. The summed E-state index contributed by atoms with van der Waals surface area (Å²) >= 11 is 0. The van der Waals surface area contributed by atoms with E-state index in [0.717, 1.165) is 18.4 Å². The van der Waals surface area contributed by atoms with Crippen LogP contribution in [0, 0.1) is 11.8 Å². The minimum absolute atomic E-state index is 0.0303. The molecule has 2 aliphatic carbocycles. The maximum atomic E-state index is 11.9. The van der Waals surface area contributed by atoms with Gasteiger partial charge in [-0.2, -0.15) is 0 Å². The van der Waals surface area contributed by atoms with E-state index in [2.05, 4.69) is 13.5 Å². The molecule has 0 amide bonds. The summed E-state index contributed by atoms with van der Waals surface area (Å²) in [5.74, 6) is -0.622. The van der Waals surface area contributed by atoms with Crippen molar-refractivity contribution in [1.29, 1.82) is 0 Å². The van der Waals surface area contributed by atoms with Gasteiger partial charge < -0.3 is 14.2 Å². The highest BCUT2D eigenvalue weighted by molar-refractivity contribution is 5.91. The van der Waals surface area contributed by atoms with Gasteiger partial charge >= 0.3 is 11.9 Å². The summed E-state index contributed by atoms with van der Waals surface area (Å²) in [6, 6.07) is 0. The summed E-state index contributed by atoms with van der Waals surface area (Å²) in [5, 5.41) is 0. The fraction of sp³-hybridized carbons (Fsp3) is 0.647. The predicted molar refractivity (Wildman–Crippen MR) is 76.8 cm³/mol. The van der Waals surface area contributed by atoms with Crippen molar-refractivity contribution in [3.8, 4) is 0 Å². The number of carbonyl (C=O) groups excluding carboxylic acids is 2. The largest absolute Gasteiger partial charge is 0.458 e. The molecule has 0 N–H and O–H groups in total. The Kier molecular flexibility index (Phi) is 2.69. The summed E-state index contributed by atoms with van der Waals surface area (Å²) < 4.78 is 17.1. The maximum Gasteiger partial charge on any atom is 0.334 e. The van der Waals surface area contributed by atoms with Gasteiger partial charge in [0, 0.05) is 18.4 Å². The van der Waals surface area contributed by atoms with Crippen LogP contribution in [0.4, 0.5) is 0 Å². The van der Waals surface area contributed by atoms with Crippen molar-refractivity contribution in [3.63, 3.8) is 0 Å². The predicted octanol–water partition coefficient (Wildman–Crippen LogP) is 1.91. The molecule has 0 aromatic carbocycles. The van der Waals surface area contributed by atoms with E-state index in [0.29, 0.717) is 5.57 Å². The van der Waals surface area contributed by atoms with Gasteiger partial charge in [0.05, 0.1) is 5.92 Å². The highest BCUT2D eigenvalue weighted by Gasteiger charge is 2.74. The zero-order valence-electron chi connectivity index (χ0n) is 13.0. The van der Waals surface area contributed by atoms with Gasteiger partial charge in [0.1, 0.15) is 17.8 Å². The van der Waals surface area contributed by atoms with E-state index in [4.69, 9.17) is 14.2 Å². The molecule has 0 aromatic heterocycles. The summed E-state index contributed by atoms with van der Waals surface area (Å²) in [5.41, 5.74) is 2.49. The minimum atomic E-state index is -0.408. The van der Waals surface area contributed by atoms with Crippen LogP contribution in [0.2, 0.25) is 0 Å². The molecular weight excluding hydrogens is 284 g/mol. The molecule has 2 aliphatic heterocycles. The van der Waals surface area contributed by atoms with E-state index in [-0.39, 0.29) is 42.1 Å². The monoisotopic (exact) mass is 304 g/mol. The van der Waals surface area contributed by atoms with Crippen molar-refractivity contribution >= 4 is 11.9 Å². The Balaban J connectivity index is 1.78. The smallest absolute Gasteiger partial charge is 0.334 e. The van der Waals surface area contributed by atoms with Crippen molar-refractivity contribution in [1.82, 2.24) is 0 Å². The number of ether oxygens (including phenoxy) is 3. The standard InChI is InChI=1S/C17H20O5/c1-7-5-6-10-8(2)16(19)21-13(10)12-11(7)14(20-9(3)18)15-17(12,4)22-15/h10,12-15H,2,5-6H2,1,3-4H3. The average molecular weight is 304 g/mol. The Bertz CT molecular complexity index is 633. The number of hydrogen-bond donors (Lipinski definition) is 0. The van der Waals surface area contributed by atoms with Crippen LogP contribution >= 0.6 is 0 Å². The first-order valence-electron chi connectivity index (χ1n) is 7.79. The molecule has 1 saturated carbocycles. The van der Waals surface area contributed by atoms with E-state index in [1.165, 1.54) is 12.5 Å². The van der Waals surface area contributed by atoms with Crippen LogP contribution < -0.4 is 0 Å². The Labute approximate surface area is 129 Å². The van der Waals surface area contributed by atoms with Crippen molar-refractivity contribution < 1.29 is 23.8 Å². The average Bonchev–Trinajstić information content (AvgIpc) is 3.00. The number of fused-ring (bicyclic) bond motifs is 5. The fourth-order valence-corrected chi connectivity index (χ4v) is 4.60. The van der Waals surface area contributed by atoms with Crippen LogP contribution in [-0.4, -0.2) is 35.9 Å². The summed E-state index contributed by atoms with van der Waals surface area (Å²) in [4.78, 5) is 23.4. The topological polar surface area (TPSA) is 65.1 Å². The quantitative estimate of drug-likeness (QED) is 0.320. The zero-order chi connectivity index (χ0) is 15.8. The Morgan fingerprint density at radius 3 is 2.86 bits per heavy atom. The van der Waals surface area contributed by atoms with E-state index in [9.17, 15) is 9.59 Å². The van der Waals surface area contributed by atoms with E-state index in [1.807, 2.05) is 6.92 Å². The summed E-state index contributed by atoms with van der Waals surface area (Å²) in [7, 11) is 0. The van der Waals surface area contributed by atoms with Gasteiger partial charge in [0.2, 0.25) is 0 Å². The molecule has 0 radical (unpaired) electrons. The van der Waals surface area contributed by atoms with Crippen LogP contribution in [0.1, 0.15) is 33.6 Å². The highest BCUT2D eigenvalue weighted by atomic mass is 16.7. The Hall–Kier alpha value is -1.62. The van der Waals surface area contributed by atoms with Crippen LogP contribution in [0.15, 0.2) is 23.3 Å². The van der Waals surface area contributed by atoms with Gasteiger partial charge in [0.15, 0.2) is 6.10 Å². The third kappa shape index (κ3) is 1.63. The molecule has 0 bridgehead atoms. The van der Waals surface area contributed by atoms with Gasteiger partial charge in [-0.05, 0) is 32.3 Å². The van der Waals surface area contributed by atoms with Crippen molar-refractivity contribution in [2.45, 2.75) is 57.5 Å². The molecule has 5 heteroatoms. The van der Waals surface area contributed by atoms with Crippen LogP contribution in [0.3, 0.4) is 0 Å². The van der Waals surface area contributed by atoms with Gasteiger partial charge in [-0.1, -0.05) is 12.2 Å². The second-order valence-electron chi connectivity index (χ2n) is 7.01. The zero-order valence-corrected chi connectivity index (χ0v) is 13.0. The molecule has 5 nitrogen and oxygen atoms in total. The minimum Gasteiger partial charge on any atom is -0.458 e. The first-order valence-corrected chi connectivity index (χ1v) is 7.79. The molecule has 118 valence electrons. The van der Waals surface area contributed by atoms with Gasteiger partial charge in [0.25, 0.3) is 0 Å². The third-order valence-electron chi connectivity index (χ3n) is 5.72. The second kappa shape index (κ2) is 4.22. The normalized spacial score (nSPS) is 45.7. The fourth-order valence-electron chi connectivity index (χ4n) is 4.60. The molecule has 6 atom stereocenters. The molecule has 4 aliphatic rings. The number of rotatable bonds is 1. The molecule has 0 spiro atoms. The van der Waals surface area contributed by atoms with Crippen molar-refractivity contribution in [2.24, 2.45) is 11.8 Å². The van der Waals surface area contributed by atoms with Crippen LogP contribution in [0.25, 0.3) is 0 Å². The molecule has 6 unspecified atom stereocenters. The Morgan fingerprint density at radius 2 is 2.18 bits per heavy atom. The van der Waals surface area contributed by atoms with Crippen molar-refractivity contribution in [2.75, 3.05) is 0 Å². The Morgan fingerprint density at radius 1 is 1.45 bits per heavy atom. The van der Waals surface area contributed by atoms with E-state index in [1.54, 1.807) is 0 Å².